The van der Waals surface area contributed by atoms with E-state index in [1.807, 2.05) is 6.92 Å². The second-order valence-electron chi connectivity index (χ2n) is 5.07. The maximum atomic E-state index is 12.3. The number of nitro groups is 1. The molecule has 0 aromatic heterocycles. The third-order valence-corrected chi connectivity index (χ3v) is 5.06. The summed E-state index contributed by atoms with van der Waals surface area (Å²) < 4.78 is 32.3. The van der Waals surface area contributed by atoms with Crippen LogP contribution in [0.5, 0.6) is 0 Å². The molecule has 1 fully saturated rings. The lowest BCUT2D eigenvalue weighted by Crippen LogP contribution is -2.47. The van der Waals surface area contributed by atoms with Crippen molar-refractivity contribution < 1.29 is 18.1 Å². The number of rotatable bonds is 6. The summed E-state index contributed by atoms with van der Waals surface area (Å²) in [4.78, 5) is 12.1. The Kier molecular flexibility index (Phi) is 5.46. The highest BCUT2D eigenvalue weighted by molar-refractivity contribution is 7.89. The number of para-hydroxylation sites is 1. The molecule has 1 N–H and O–H groups in total. The third kappa shape index (κ3) is 4.01. The van der Waals surface area contributed by atoms with Crippen LogP contribution in [0.2, 0.25) is 0 Å². The highest BCUT2D eigenvalue weighted by Gasteiger charge is 2.26. The normalized spacial score (nSPS) is 18.0. The maximum absolute atomic E-state index is 12.3. The van der Waals surface area contributed by atoms with Gasteiger partial charge in [-0.1, -0.05) is 12.1 Å². The van der Waals surface area contributed by atoms with Gasteiger partial charge in [-0.05, 0) is 13.0 Å². The molecule has 0 unspecified atom stereocenters. The van der Waals surface area contributed by atoms with Crippen molar-refractivity contribution in [3.05, 3.63) is 34.4 Å². The minimum atomic E-state index is -3.92. The number of hydrogen-bond acceptors (Lipinski definition) is 6. The SMILES string of the molecule is C[C@@H](CNS(=O)(=O)c1ccccc1[N+](=O)[O-])N1CCOCC1. The van der Waals surface area contributed by atoms with Gasteiger partial charge in [0.2, 0.25) is 10.0 Å². The highest BCUT2D eigenvalue weighted by Crippen LogP contribution is 2.22. The number of morpholine rings is 1. The summed E-state index contributed by atoms with van der Waals surface area (Å²) in [5, 5.41) is 10.9. The zero-order valence-corrected chi connectivity index (χ0v) is 13.1. The molecule has 0 spiro atoms. The Morgan fingerprint density at radius 3 is 2.64 bits per heavy atom. The van der Waals surface area contributed by atoms with Crippen molar-refractivity contribution in [2.45, 2.75) is 17.9 Å². The lowest BCUT2D eigenvalue weighted by molar-refractivity contribution is -0.387. The average molecular weight is 329 g/mol. The molecule has 0 saturated carbocycles. The van der Waals surface area contributed by atoms with Crippen LogP contribution >= 0.6 is 0 Å². The quantitative estimate of drug-likeness (QED) is 0.605. The number of hydrogen-bond donors (Lipinski definition) is 1. The first-order chi connectivity index (χ1) is 10.4. The summed E-state index contributed by atoms with van der Waals surface area (Å²) in [5.41, 5.74) is -0.422. The van der Waals surface area contributed by atoms with E-state index in [0.29, 0.717) is 13.2 Å². The van der Waals surface area contributed by atoms with Crippen LogP contribution < -0.4 is 4.72 Å². The fourth-order valence-electron chi connectivity index (χ4n) is 2.29. The number of nitrogens with one attached hydrogen (secondary N) is 1. The molecule has 1 aliphatic heterocycles. The van der Waals surface area contributed by atoms with E-state index in [1.54, 1.807) is 0 Å². The molecule has 122 valence electrons. The molecule has 1 aromatic rings. The molecule has 1 aliphatic rings. The van der Waals surface area contributed by atoms with Gasteiger partial charge in [0, 0.05) is 31.7 Å². The largest absolute Gasteiger partial charge is 0.379 e. The second-order valence-corrected chi connectivity index (χ2v) is 6.81. The Morgan fingerprint density at radius 1 is 1.36 bits per heavy atom. The number of nitrogens with zero attached hydrogens (tertiary/aromatic N) is 2. The molecule has 1 heterocycles. The van der Waals surface area contributed by atoms with Crippen LogP contribution in [0.3, 0.4) is 0 Å². The van der Waals surface area contributed by atoms with E-state index >= 15 is 0 Å². The average Bonchev–Trinajstić information content (AvgIpc) is 2.53. The molecule has 0 amide bonds. The lowest BCUT2D eigenvalue weighted by atomic mass is 10.2. The molecule has 2 rings (SSSR count). The van der Waals surface area contributed by atoms with Crippen LogP contribution in [0.4, 0.5) is 5.69 Å². The summed E-state index contributed by atoms with van der Waals surface area (Å²) in [6, 6.07) is 5.31. The molecule has 22 heavy (non-hydrogen) atoms. The number of ether oxygens (including phenoxy) is 1. The van der Waals surface area contributed by atoms with Gasteiger partial charge in [0.25, 0.3) is 5.69 Å². The minimum Gasteiger partial charge on any atom is -0.379 e. The maximum Gasteiger partial charge on any atom is 0.289 e. The molecule has 8 nitrogen and oxygen atoms in total. The fourth-order valence-corrected chi connectivity index (χ4v) is 3.58. The van der Waals surface area contributed by atoms with Gasteiger partial charge in [-0.25, -0.2) is 13.1 Å². The zero-order chi connectivity index (χ0) is 16.2. The second kappa shape index (κ2) is 7.14. The summed E-state index contributed by atoms with van der Waals surface area (Å²) >= 11 is 0. The van der Waals surface area contributed by atoms with Gasteiger partial charge in [-0.2, -0.15) is 0 Å². The van der Waals surface area contributed by atoms with Crippen molar-refractivity contribution in [2.24, 2.45) is 0 Å². The monoisotopic (exact) mass is 329 g/mol. The zero-order valence-electron chi connectivity index (χ0n) is 12.3. The van der Waals surface area contributed by atoms with Crippen molar-refractivity contribution in [3.63, 3.8) is 0 Å². The van der Waals surface area contributed by atoms with Crippen LogP contribution in [0, 0.1) is 10.1 Å². The van der Waals surface area contributed by atoms with Crippen molar-refractivity contribution in [3.8, 4) is 0 Å². The fraction of sp³-hybridized carbons (Fsp3) is 0.538. The summed E-state index contributed by atoms with van der Waals surface area (Å²) in [6.07, 6.45) is 0. The van der Waals surface area contributed by atoms with Gasteiger partial charge < -0.3 is 4.74 Å². The third-order valence-electron chi connectivity index (χ3n) is 3.59. The van der Waals surface area contributed by atoms with Gasteiger partial charge >= 0.3 is 0 Å². The number of benzene rings is 1. The molecule has 0 aliphatic carbocycles. The van der Waals surface area contributed by atoms with E-state index in [9.17, 15) is 18.5 Å². The molecular formula is C13H19N3O5S. The van der Waals surface area contributed by atoms with E-state index < -0.39 is 20.6 Å². The van der Waals surface area contributed by atoms with Crippen LogP contribution in [-0.4, -0.2) is 57.1 Å². The molecular weight excluding hydrogens is 310 g/mol. The number of nitro benzene ring substituents is 1. The van der Waals surface area contributed by atoms with Gasteiger partial charge in [0.15, 0.2) is 4.90 Å². The van der Waals surface area contributed by atoms with Gasteiger partial charge in [-0.3, -0.25) is 15.0 Å². The van der Waals surface area contributed by atoms with E-state index in [4.69, 9.17) is 4.74 Å². The summed E-state index contributed by atoms with van der Waals surface area (Å²) in [6.45, 7) is 4.84. The molecule has 0 radical (unpaired) electrons. The van der Waals surface area contributed by atoms with E-state index in [0.717, 1.165) is 13.1 Å². The summed E-state index contributed by atoms with van der Waals surface area (Å²) in [5.74, 6) is 0. The van der Waals surface area contributed by atoms with Crippen LogP contribution in [0.15, 0.2) is 29.2 Å². The first-order valence-corrected chi connectivity index (χ1v) is 8.45. The van der Waals surface area contributed by atoms with Gasteiger partial charge in [-0.15, -0.1) is 0 Å². The topological polar surface area (TPSA) is 102 Å². The summed E-state index contributed by atoms with van der Waals surface area (Å²) in [7, 11) is -3.92. The lowest BCUT2D eigenvalue weighted by Gasteiger charge is -2.32. The molecule has 1 atom stereocenters. The first kappa shape index (κ1) is 16.8. The predicted octanol–water partition coefficient (Wildman–Crippen LogP) is 0.594. The van der Waals surface area contributed by atoms with Gasteiger partial charge in [0.05, 0.1) is 18.1 Å². The highest BCUT2D eigenvalue weighted by atomic mass is 32.2. The Bertz CT molecular complexity index is 628. The van der Waals surface area contributed by atoms with E-state index in [-0.39, 0.29) is 17.5 Å². The van der Waals surface area contributed by atoms with Crippen LogP contribution in [0.1, 0.15) is 6.92 Å². The van der Waals surface area contributed by atoms with Crippen molar-refractivity contribution >= 4 is 15.7 Å². The first-order valence-electron chi connectivity index (χ1n) is 6.96. The van der Waals surface area contributed by atoms with Crippen LogP contribution in [-0.2, 0) is 14.8 Å². The molecule has 9 heteroatoms. The molecule has 0 bridgehead atoms. The standard InChI is InChI=1S/C13H19N3O5S/c1-11(15-6-8-21-9-7-15)10-14-22(19,20)13-5-3-2-4-12(13)16(17)18/h2-5,11,14H,6-10H2,1H3/t11-/m0/s1. The Labute approximate surface area is 129 Å². The Morgan fingerprint density at radius 2 is 2.00 bits per heavy atom. The van der Waals surface area contributed by atoms with Crippen LogP contribution in [0.25, 0.3) is 0 Å². The van der Waals surface area contributed by atoms with E-state index in [1.165, 1.54) is 24.3 Å². The predicted molar refractivity (Wildman–Crippen MR) is 80.1 cm³/mol. The minimum absolute atomic E-state index is 0.0126. The smallest absolute Gasteiger partial charge is 0.289 e. The molecule has 1 aromatic carbocycles. The Balaban J connectivity index is 2.06. The van der Waals surface area contributed by atoms with Crippen molar-refractivity contribution in [2.75, 3.05) is 32.8 Å². The van der Waals surface area contributed by atoms with Crippen molar-refractivity contribution in [1.82, 2.24) is 9.62 Å². The van der Waals surface area contributed by atoms with Gasteiger partial charge in [0.1, 0.15) is 0 Å². The van der Waals surface area contributed by atoms with E-state index in [2.05, 4.69) is 9.62 Å². The Hall–Kier alpha value is -1.55. The number of sulfonamides is 1. The molecule has 1 saturated heterocycles. The van der Waals surface area contributed by atoms with Crippen molar-refractivity contribution in [1.29, 1.82) is 0 Å².